The molecule has 0 aliphatic rings. The Labute approximate surface area is 202 Å². The van der Waals surface area contributed by atoms with E-state index in [0.717, 1.165) is 27.1 Å². The molecular weight excluding hydrogens is 436 g/mol. The van der Waals surface area contributed by atoms with Crippen molar-refractivity contribution in [2.75, 3.05) is 0 Å². The summed E-state index contributed by atoms with van der Waals surface area (Å²) in [6, 6.07) is 34.0. The largest absolute Gasteiger partial charge is 0.422 e. The molecule has 5 heteroatoms. The minimum absolute atomic E-state index is 0.198. The Bertz CT molecular complexity index is 1550. The Hall–Kier alpha value is -4.77. The molecule has 1 amide bonds. The number of amides is 1. The second-order valence-corrected chi connectivity index (χ2v) is 8.06. The zero-order chi connectivity index (χ0) is 24.0. The van der Waals surface area contributed by atoms with Gasteiger partial charge >= 0.3 is 5.97 Å². The SMILES string of the molecule is O=C(Cc1cccc2ccccc12)N/N=C\c1c(OC(=O)c2ccccc2)ccc2ccccc12. The van der Waals surface area contributed by atoms with Crippen LogP contribution in [-0.4, -0.2) is 18.1 Å². The number of ether oxygens (including phenoxy) is 1. The third-order valence-corrected chi connectivity index (χ3v) is 5.76. The van der Waals surface area contributed by atoms with E-state index in [2.05, 4.69) is 10.5 Å². The number of fused-ring (bicyclic) bond motifs is 2. The first kappa shape index (κ1) is 22.0. The van der Waals surface area contributed by atoms with Gasteiger partial charge in [0.25, 0.3) is 0 Å². The van der Waals surface area contributed by atoms with E-state index in [1.807, 2.05) is 78.9 Å². The zero-order valence-corrected chi connectivity index (χ0v) is 18.8. The van der Waals surface area contributed by atoms with Crippen LogP contribution in [-0.2, 0) is 11.2 Å². The lowest BCUT2D eigenvalue weighted by Gasteiger charge is -2.10. The summed E-state index contributed by atoms with van der Waals surface area (Å²) >= 11 is 0. The van der Waals surface area contributed by atoms with Crippen LogP contribution in [0, 0.1) is 0 Å². The van der Waals surface area contributed by atoms with Gasteiger partial charge in [-0.1, -0.05) is 91.0 Å². The average molecular weight is 459 g/mol. The molecule has 35 heavy (non-hydrogen) atoms. The number of esters is 1. The number of hydrazone groups is 1. The number of rotatable bonds is 6. The highest BCUT2D eigenvalue weighted by Crippen LogP contribution is 2.27. The van der Waals surface area contributed by atoms with Crippen LogP contribution in [0.1, 0.15) is 21.5 Å². The van der Waals surface area contributed by atoms with Crippen LogP contribution >= 0.6 is 0 Å². The van der Waals surface area contributed by atoms with E-state index in [4.69, 9.17) is 4.74 Å². The van der Waals surface area contributed by atoms with E-state index in [0.29, 0.717) is 16.9 Å². The third kappa shape index (κ3) is 4.94. The number of hydrogen-bond acceptors (Lipinski definition) is 4. The minimum atomic E-state index is -0.462. The van der Waals surface area contributed by atoms with Crippen molar-refractivity contribution in [3.63, 3.8) is 0 Å². The zero-order valence-electron chi connectivity index (χ0n) is 18.8. The minimum Gasteiger partial charge on any atom is -0.422 e. The molecule has 5 aromatic carbocycles. The summed E-state index contributed by atoms with van der Waals surface area (Å²) in [4.78, 5) is 25.3. The van der Waals surface area contributed by atoms with Crippen LogP contribution in [0.2, 0.25) is 0 Å². The number of nitrogens with zero attached hydrogens (tertiary/aromatic N) is 1. The molecule has 0 spiro atoms. The molecule has 0 saturated carbocycles. The van der Waals surface area contributed by atoms with Crippen LogP contribution in [0.4, 0.5) is 0 Å². The van der Waals surface area contributed by atoms with Gasteiger partial charge < -0.3 is 4.74 Å². The first-order valence-electron chi connectivity index (χ1n) is 11.3. The predicted octanol–water partition coefficient (Wildman–Crippen LogP) is 5.91. The van der Waals surface area contributed by atoms with Crippen molar-refractivity contribution in [2.24, 2.45) is 5.10 Å². The monoisotopic (exact) mass is 458 g/mol. The first-order valence-corrected chi connectivity index (χ1v) is 11.3. The van der Waals surface area contributed by atoms with Gasteiger partial charge in [0.15, 0.2) is 0 Å². The van der Waals surface area contributed by atoms with Gasteiger partial charge in [-0.25, -0.2) is 10.2 Å². The molecule has 0 heterocycles. The summed E-state index contributed by atoms with van der Waals surface area (Å²) in [5, 5.41) is 8.15. The molecule has 1 N–H and O–H groups in total. The van der Waals surface area contributed by atoms with Crippen molar-refractivity contribution < 1.29 is 14.3 Å². The number of nitrogens with one attached hydrogen (secondary N) is 1. The Morgan fingerprint density at radius 3 is 2.17 bits per heavy atom. The van der Waals surface area contributed by atoms with Crippen LogP contribution in [0.25, 0.3) is 21.5 Å². The topological polar surface area (TPSA) is 67.8 Å². The number of carbonyl (C=O) groups is 2. The van der Waals surface area contributed by atoms with E-state index in [9.17, 15) is 9.59 Å². The Morgan fingerprint density at radius 1 is 0.714 bits per heavy atom. The van der Waals surface area contributed by atoms with Crippen molar-refractivity contribution in [1.29, 1.82) is 0 Å². The van der Waals surface area contributed by atoms with Crippen molar-refractivity contribution in [1.82, 2.24) is 5.43 Å². The summed E-state index contributed by atoms with van der Waals surface area (Å²) in [7, 11) is 0. The van der Waals surface area contributed by atoms with Gasteiger partial charge in [-0.2, -0.15) is 5.10 Å². The van der Waals surface area contributed by atoms with E-state index in [1.54, 1.807) is 30.3 Å². The highest BCUT2D eigenvalue weighted by atomic mass is 16.5. The quantitative estimate of drug-likeness (QED) is 0.149. The molecule has 0 aliphatic carbocycles. The van der Waals surface area contributed by atoms with Crippen LogP contribution in [0.15, 0.2) is 114 Å². The van der Waals surface area contributed by atoms with Gasteiger partial charge in [-0.15, -0.1) is 0 Å². The Kier molecular flexibility index (Phi) is 6.31. The molecule has 5 rings (SSSR count). The molecule has 5 aromatic rings. The molecule has 0 saturated heterocycles. The smallest absolute Gasteiger partial charge is 0.343 e. The Morgan fingerprint density at radius 2 is 1.37 bits per heavy atom. The molecular formula is C30H22N2O3. The fourth-order valence-electron chi connectivity index (χ4n) is 4.06. The summed E-state index contributed by atoms with van der Waals surface area (Å²) < 4.78 is 5.70. The lowest BCUT2D eigenvalue weighted by molar-refractivity contribution is -0.120. The van der Waals surface area contributed by atoms with Crippen LogP contribution in [0.3, 0.4) is 0 Å². The van der Waals surface area contributed by atoms with Gasteiger partial charge in [-0.05, 0) is 45.3 Å². The predicted molar refractivity (Wildman–Crippen MR) is 139 cm³/mol. The molecule has 0 aromatic heterocycles. The van der Waals surface area contributed by atoms with Gasteiger partial charge in [0.1, 0.15) is 5.75 Å². The van der Waals surface area contributed by atoms with Gasteiger partial charge in [0.2, 0.25) is 5.91 Å². The van der Waals surface area contributed by atoms with E-state index >= 15 is 0 Å². The maximum Gasteiger partial charge on any atom is 0.343 e. The van der Waals surface area contributed by atoms with Crippen LogP contribution < -0.4 is 10.2 Å². The molecule has 0 bridgehead atoms. The molecule has 0 aliphatic heterocycles. The van der Waals surface area contributed by atoms with Gasteiger partial charge in [0.05, 0.1) is 18.2 Å². The standard InChI is InChI=1S/C30H22N2O3/c33-29(19-24-14-8-13-21-9-4-6-15-25(21)24)32-31-20-27-26-16-7-5-10-22(26)17-18-28(27)35-30(34)23-11-2-1-3-12-23/h1-18,20H,19H2,(H,32,33)/b31-20-. The maximum absolute atomic E-state index is 12.7. The fourth-order valence-corrected chi connectivity index (χ4v) is 4.06. The number of hydrogen-bond donors (Lipinski definition) is 1. The third-order valence-electron chi connectivity index (χ3n) is 5.76. The van der Waals surface area contributed by atoms with Crippen molar-refractivity contribution in [2.45, 2.75) is 6.42 Å². The van der Waals surface area contributed by atoms with E-state index in [1.165, 1.54) is 6.21 Å². The highest BCUT2D eigenvalue weighted by Gasteiger charge is 2.13. The second-order valence-electron chi connectivity index (χ2n) is 8.06. The maximum atomic E-state index is 12.7. The number of carbonyl (C=O) groups excluding carboxylic acids is 2. The normalized spacial score (nSPS) is 11.1. The fraction of sp³-hybridized carbons (Fsp3) is 0.0333. The molecule has 0 atom stereocenters. The van der Waals surface area contributed by atoms with Gasteiger partial charge in [-0.3, -0.25) is 4.79 Å². The van der Waals surface area contributed by atoms with Crippen LogP contribution in [0.5, 0.6) is 5.75 Å². The Balaban J connectivity index is 1.38. The van der Waals surface area contributed by atoms with E-state index < -0.39 is 5.97 Å². The molecule has 5 nitrogen and oxygen atoms in total. The molecule has 0 fully saturated rings. The summed E-state index contributed by atoms with van der Waals surface area (Å²) in [6.45, 7) is 0. The lowest BCUT2D eigenvalue weighted by Crippen LogP contribution is -2.20. The molecule has 0 unspecified atom stereocenters. The number of benzene rings is 5. The summed E-state index contributed by atoms with van der Waals surface area (Å²) in [5.41, 5.74) is 4.60. The lowest BCUT2D eigenvalue weighted by atomic mass is 10.0. The molecule has 170 valence electrons. The average Bonchev–Trinajstić information content (AvgIpc) is 2.90. The first-order chi connectivity index (χ1) is 17.2. The van der Waals surface area contributed by atoms with E-state index in [-0.39, 0.29) is 12.3 Å². The van der Waals surface area contributed by atoms with Crippen molar-refractivity contribution in [3.05, 3.63) is 126 Å². The van der Waals surface area contributed by atoms with Gasteiger partial charge in [0, 0.05) is 5.56 Å². The summed E-state index contributed by atoms with van der Waals surface area (Å²) in [5.74, 6) is -0.333. The second kappa shape index (κ2) is 10.0. The highest BCUT2D eigenvalue weighted by molar-refractivity contribution is 6.04. The molecule has 0 radical (unpaired) electrons. The van der Waals surface area contributed by atoms with Crippen molar-refractivity contribution >= 4 is 39.6 Å². The van der Waals surface area contributed by atoms with Crippen molar-refractivity contribution in [3.8, 4) is 5.75 Å². The summed E-state index contributed by atoms with van der Waals surface area (Å²) in [6.07, 6.45) is 1.72.